The number of carbonyl (C=O) groups is 1. The van der Waals surface area contributed by atoms with Crippen molar-refractivity contribution < 1.29 is 32.7 Å². The molecule has 0 bridgehead atoms. The van der Waals surface area contributed by atoms with Gasteiger partial charge < -0.3 is 27.9 Å². The first-order chi connectivity index (χ1) is 22.7. The number of aliphatic carboxylic acids is 1. The van der Waals surface area contributed by atoms with Gasteiger partial charge in [0.05, 0.1) is 30.0 Å². The summed E-state index contributed by atoms with van der Waals surface area (Å²) in [5.41, 5.74) is 2.32. The summed E-state index contributed by atoms with van der Waals surface area (Å²) in [7, 11) is -6.20. The van der Waals surface area contributed by atoms with Gasteiger partial charge in [-0.05, 0) is 77.6 Å². The van der Waals surface area contributed by atoms with Crippen LogP contribution in [-0.2, 0) is 27.5 Å². The lowest BCUT2D eigenvalue weighted by Crippen LogP contribution is -2.66. The fourth-order valence-corrected chi connectivity index (χ4v) is 24.3. The van der Waals surface area contributed by atoms with Gasteiger partial charge in [-0.1, -0.05) is 104 Å². The molecule has 0 radical (unpaired) electrons. The van der Waals surface area contributed by atoms with Gasteiger partial charge in [0.1, 0.15) is 6.10 Å². The molecule has 49 heavy (non-hydrogen) atoms. The van der Waals surface area contributed by atoms with Crippen molar-refractivity contribution >= 4 is 30.9 Å². The second kappa shape index (κ2) is 18.8. The monoisotopic (exact) mass is 745 g/mol. The molecule has 0 aromatic carbocycles. The van der Waals surface area contributed by atoms with E-state index in [1.54, 1.807) is 0 Å². The van der Waals surface area contributed by atoms with E-state index in [0.717, 1.165) is 44.0 Å². The highest BCUT2D eigenvalue weighted by Gasteiger charge is 2.57. The molecule has 1 N–H and O–H groups in total. The molecule has 2 saturated heterocycles. The Hall–Kier alpha value is -0.0794. The topological polar surface area (TPSA) is 83.5 Å². The molecule has 2 aliphatic heterocycles. The molecule has 2 rings (SSSR count). The third-order valence-corrected chi connectivity index (χ3v) is 30.0. The van der Waals surface area contributed by atoms with E-state index in [1.807, 2.05) is 0 Å². The van der Waals surface area contributed by atoms with Gasteiger partial charge in [0, 0.05) is 25.9 Å². The molecule has 2 fully saturated rings. The van der Waals surface area contributed by atoms with Gasteiger partial charge in [0.2, 0.25) is 8.32 Å². The Morgan fingerprint density at radius 1 is 0.776 bits per heavy atom. The van der Waals surface area contributed by atoms with Crippen LogP contribution in [0.25, 0.3) is 0 Å². The lowest BCUT2D eigenvalue weighted by atomic mass is 9.81. The summed E-state index contributed by atoms with van der Waals surface area (Å²) in [6.07, 6.45) is 3.21. The molecule has 10 heteroatoms. The number of carboxylic acid groups (broad SMARTS) is 1. The number of hydrogen-bond donors (Lipinski definition) is 1. The highest BCUT2D eigenvalue weighted by atomic mass is 28.4. The lowest BCUT2D eigenvalue weighted by Gasteiger charge is -2.56. The minimum Gasteiger partial charge on any atom is -0.481 e. The number of hydrogen-bond acceptors (Lipinski definition) is 6. The third-order valence-electron chi connectivity index (χ3n) is 13.1. The van der Waals surface area contributed by atoms with Crippen molar-refractivity contribution in [3.63, 3.8) is 0 Å². The predicted molar refractivity (Wildman–Crippen MR) is 212 cm³/mol. The summed E-state index contributed by atoms with van der Waals surface area (Å²) < 4.78 is 36.0. The second-order valence-electron chi connectivity index (χ2n) is 17.7. The van der Waals surface area contributed by atoms with E-state index in [4.69, 9.17) is 22.8 Å². The summed E-state index contributed by atoms with van der Waals surface area (Å²) in [4.78, 5) is 11.9. The van der Waals surface area contributed by atoms with Gasteiger partial charge >= 0.3 is 5.97 Å². The van der Waals surface area contributed by atoms with Gasteiger partial charge in [-0.3, -0.25) is 4.79 Å². The summed E-state index contributed by atoms with van der Waals surface area (Å²) >= 11 is 0. The Labute approximate surface area is 306 Å². The number of fused-ring (bicyclic) bond motifs is 1. The van der Waals surface area contributed by atoms with E-state index < -0.39 is 36.5 Å². The van der Waals surface area contributed by atoms with Gasteiger partial charge in [-0.2, -0.15) is 0 Å². The first-order valence-corrected chi connectivity index (χ1v) is 27.1. The quantitative estimate of drug-likeness (QED) is 0.0925. The third kappa shape index (κ3) is 10.1. The zero-order valence-electron chi connectivity index (χ0n) is 34.8. The van der Waals surface area contributed by atoms with Gasteiger partial charge in [0.25, 0.3) is 0 Å². The molecule has 2 aliphatic rings. The molecular formula is C39H80O7Si3. The number of rotatable bonds is 21. The average molecular weight is 745 g/mol. The minimum absolute atomic E-state index is 0.0539. The molecule has 0 saturated carbocycles. The highest BCUT2D eigenvalue weighted by Crippen LogP contribution is 2.49. The molecule has 0 amide bonds. The Morgan fingerprint density at radius 3 is 1.69 bits per heavy atom. The van der Waals surface area contributed by atoms with E-state index in [0.29, 0.717) is 46.1 Å². The summed E-state index contributed by atoms with van der Waals surface area (Å²) in [5, 5.41) is 9.78. The van der Waals surface area contributed by atoms with Gasteiger partial charge in [-0.25, -0.2) is 0 Å². The molecule has 2 heterocycles. The smallest absolute Gasteiger partial charge is 0.303 e. The normalized spacial score (nSPS) is 27.3. The average Bonchev–Trinajstić information content (AvgIpc) is 3.01. The van der Waals surface area contributed by atoms with Crippen LogP contribution in [0.1, 0.15) is 149 Å². The highest BCUT2D eigenvalue weighted by molar-refractivity contribution is 6.78. The lowest BCUT2D eigenvalue weighted by molar-refractivity contribution is -0.278. The maximum Gasteiger partial charge on any atom is 0.303 e. The van der Waals surface area contributed by atoms with Crippen molar-refractivity contribution in [2.75, 3.05) is 6.61 Å². The van der Waals surface area contributed by atoms with E-state index in [1.165, 1.54) is 0 Å². The van der Waals surface area contributed by atoms with Gasteiger partial charge in [0.15, 0.2) is 16.6 Å². The zero-order valence-corrected chi connectivity index (χ0v) is 37.8. The fraction of sp³-hybridized carbons (Fsp3) is 0.974. The molecule has 0 aromatic heterocycles. The SMILES string of the molecule is CC[Si](CC)(CC)O[C@H]1C[C@H]2O[C@H](CCCO[Si](C(C)C)(C(C)C)C(C)C)C[C@H](O[Si](C(C)C)(C(C)C)C(C)C)[C@H]2O[C@]1(C)CCC(=O)O. The van der Waals surface area contributed by atoms with E-state index >= 15 is 0 Å². The summed E-state index contributed by atoms with van der Waals surface area (Å²) in [5.74, 6) is -0.795. The number of carboxylic acids is 1. The fourth-order valence-electron chi connectivity index (χ4n) is 10.3. The van der Waals surface area contributed by atoms with Crippen LogP contribution < -0.4 is 0 Å². The maximum atomic E-state index is 11.9. The second-order valence-corrected chi connectivity index (χ2v) is 33.3. The predicted octanol–water partition coefficient (Wildman–Crippen LogP) is 11.5. The standard InChI is InChI=1S/C39H80O7Si3/c1-17-47(18-2,19-3)46-36-26-34-38(44-39(36,16)23-22-37(40)41)35(45-49(30(10)11,31(12)13)32(14)15)25-33(43-34)21-20-24-42-48(27(4)5,28(6)7)29(8)9/h27-36,38H,17-26H2,1-16H3,(H,40,41)/t33-,34-,35+,36+,38+,39-/m1/s1. The summed E-state index contributed by atoms with van der Waals surface area (Å²) in [6.45, 7) is 37.8. The minimum atomic E-state index is -2.25. The van der Waals surface area contributed by atoms with Crippen LogP contribution in [0.15, 0.2) is 0 Å². The number of ether oxygens (including phenoxy) is 2. The Balaban J connectivity index is 2.50. The van der Waals surface area contributed by atoms with Crippen molar-refractivity contribution in [2.24, 2.45) is 0 Å². The first-order valence-electron chi connectivity index (χ1n) is 20.3. The molecule has 7 nitrogen and oxygen atoms in total. The molecule has 0 aromatic rings. The molecule has 0 aliphatic carbocycles. The van der Waals surface area contributed by atoms with Crippen LogP contribution in [0.4, 0.5) is 0 Å². The molecule has 290 valence electrons. The van der Waals surface area contributed by atoms with Crippen LogP contribution in [0.3, 0.4) is 0 Å². The maximum absolute atomic E-state index is 11.9. The van der Waals surface area contributed by atoms with Crippen molar-refractivity contribution in [1.82, 2.24) is 0 Å². The molecule has 0 unspecified atom stereocenters. The van der Waals surface area contributed by atoms with Crippen LogP contribution >= 0.6 is 0 Å². The van der Waals surface area contributed by atoms with Crippen LogP contribution in [0.2, 0.25) is 51.4 Å². The largest absolute Gasteiger partial charge is 0.481 e. The van der Waals surface area contributed by atoms with Gasteiger partial charge in [-0.15, -0.1) is 0 Å². The molecule has 6 atom stereocenters. The van der Waals surface area contributed by atoms with Crippen LogP contribution in [0.5, 0.6) is 0 Å². The van der Waals surface area contributed by atoms with Crippen molar-refractivity contribution in [3.8, 4) is 0 Å². The Bertz CT molecular complexity index is 947. The van der Waals surface area contributed by atoms with Crippen LogP contribution in [0, 0.1) is 0 Å². The van der Waals surface area contributed by atoms with Crippen LogP contribution in [-0.4, -0.2) is 78.8 Å². The van der Waals surface area contributed by atoms with E-state index in [-0.39, 0.29) is 36.9 Å². The Kier molecular flexibility index (Phi) is 17.3. The van der Waals surface area contributed by atoms with E-state index in [2.05, 4.69) is 111 Å². The molecular weight excluding hydrogens is 665 g/mol. The molecule has 0 spiro atoms. The van der Waals surface area contributed by atoms with Crippen molar-refractivity contribution in [3.05, 3.63) is 0 Å². The van der Waals surface area contributed by atoms with Crippen molar-refractivity contribution in [1.29, 1.82) is 0 Å². The summed E-state index contributed by atoms with van der Waals surface area (Å²) in [6, 6.07) is 3.11. The zero-order chi connectivity index (χ0) is 37.5. The van der Waals surface area contributed by atoms with E-state index in [9.17, 15) is 9.90 Å². The first kappa shape index (κ1) is 45.1. The Morgan fingerprint density at radius 2 is 1.27 bits per heavy atom. The van der Waals surface area contributed by atoms with Crippen molar-refractivity contribution in [2.45, 2.75) is 237 Å².